The number of rotatable bonds is 13. The monoisotopic (exact) mass is 474 g/mol. The minimum Gasteiger partial charge on any atom is -0.462 e. The van der Waals surface area contributed by atoms with Crippen molar-refractivity contribution in [3.8, 4) is 0 Å². The maximum Gasteiger partial charge on any atom is 0.313 e. The third-order valence-electron chi connectivity index (χ3n) is 5.76. The first-order valence-corrected chi connectivity index (χ1v) is 11.2. The third kappa shape index (κ3) is 8.95. The third-order valence-corrected chi connectivity index (χ3v) is 5.76. The van der Waals surface area contributed by atoms with Gasteiger partial charge in [-0.1, -0.05) is 33.9 Å². The lowest BCUT2D eigenvalue weighted by Gasteiger charge is -2.18. The summed E-state index contributed by atoms with van der Waals surface area (Å²) in [5, 5.41) is 0. The van der Waals surface area contributed by atoms with E-state index in [1.54, 1.807) is 13.8 Å². The van der Waals surface area contributed by atoms with Gasteiger partial charge in [-0.3, -0.25) is 4.79 Å². The Morgan fingerprint density at radius 3 is 1.82 bits per heavy atom. The van der Waals surface area contributed by atoms with Crippen LogP contribution in [0.1, 0.15) is 68.2 Å². The topological polar surface area (TPSA) is 35.5 Å². The molecule has 7 heteroatoms. The number of hydrogen-bond acceptors (Lipinski definition) is 3. The molecule has 4 atom stereocenters. The van der Waals surface area contributed by atoms with Crippen LogP contribution in [0.4, 0.5) is 17.6 Å². The van der Waals surface area contributed by atoms with Crippen molar-refractivity contribution in [3.63, 3.8) is 0 Å². The van der Waals surface area contributed by atoms with E-state index >= 15 is 0 Å². The van der Waals surface area contributed by atoms with E-state index in [1.807, 2.05) is 20.8 Å². The van der Waals surface area contributed by atoms with Crippen LogP contribution < -0.4 is 0 Å². The van der Waals surface area contributed by atoms with Crippen molar-refractivity contribution < 1.29 is 31.8 Å². The number of carbonyl (C=O) groups is 1. The van der Waals surface area contributed by atoms with E-state index in [4.69, 9.17) is 9.47 Å². The second-order valence-corrected chi connectivity index (χ2v) is 8.40. The van der Waals surface area contributed by atoms with Gasteiger partial charge in [0.2, 0.25) is 0 Å². The zero-order chi connectivity index (χ0) is 26.0. The highest BCUT2D eigenvalue weighted by atomic mass is 19.2. The molecule has 0 aliphatic carbocycles. The molecule has 0 heterocycles. The Labute approximate surface area is 195 Å². The summed E-state index contributed by atoms with van der Waals surface area (Å²) >= 11 is 0. The minimum absolute atomic E-state index is 0.0470. The standard InChI is InChI=1S/C26H38F4O3/c1-11-15(4)32-13-14(3)17(6)22(27)23(28)18(7)19(8)24(29)25(30)20(9)21(10)26(31)33-16(5)12-2/h14-16,21H,6-7,11-13H2,1-5,8-10H3/b23-22-,24-19-,25-20-. The lowest BCUT2D eigenvalue weighted by Crippen LogP contribution is -2.21. The van der Waals surface area contributed by atoms with Crippen LogP contribution in [0.15, 0.2) is 58.8 Å². The van der Waals surface area contributed by atoms with Crippen LogP contribution in [0.5, 0.6) is 0 Å². The van der Waals surface area contributed by atoms with Gasteiger partial charge in [-0.2, -0.15) is 0 Å². The molecule has 0 amide bonds. The Kier molecular flexibility index (Phi) is 13.3. The van der Waals surface area contributed by atoms with Crippen molar-refractivity contribution in [2.45, 2.75) is 80.4 Å². The highest BCUT2D eigenvalue weighted by molar-refractivity contribution is 5.75. The molecule has 0 aromatic carbocycles. The van der Waals surface area contributed by atoms with Crippen LogP contribution in [-0.2, 0) is 14.3 Å². The van der Waals surface area contributed by atoms with E-state index in [0.717, 1.165) is 13.3 Å². The summed E-state index contributed by atoms with van der Waals surface area (Å²) in [6.45, 7) is 19.7. The number of allylic oxidation sites excluding steroid dienone is 6. The average Bonchev–Trinajstić information content (AvgIpc) is 2.82. The molecule has 0 fully saturated rings. The Hall–Kier alpha value is -2.15. The molecule has 0 aromatic rings. The molecule has 188 valence electrons. The summed E-state index contributed by atoms with van der Waals surface area (Å²) in [4.78, 5) is 12.1. The lowest BCUT2D eigenvalue weighted by molar-refractivity contribution is -0.151. The van der Waals surface area contributed by atoms with Crippen molar-refractivity contribution in [3.05, 3.63) is 58.8 Å². The van der Waals surface area contributed by atoms with Crippen LogP contribution in [0.3, 0.4) is 0 Å². The Bertz CT molecular complexity index is 823. The molecular formula is C26H38F4O3. The molecule has 0 aliphatic heterocycles. The SMILES string of the molecule is C=C(/C(C)=C(F)/C(F)=C(\C)C(C)C(=O)OC(C)CC)/C(F)=C(/F)C(=C)C(C)COC(C)CC. The number of esters is 1. The fraction of sp³-hybridized carbons (Fsp3) is 0.577. The summed E-state index contributed by atoms with van der Waals surface area (Å²) in [6, 6.07) is 0. The first-order valence-electron chi connectivity index (χ1n) is 11.2. The smallest absolute Gasteiger partial charge is 0.313 e. The van der Waals surface area contributed by atoms with Gasteiger partial charge >= 0.3 is 5.97 Å². The minimum atomic E-state index is -1.43. The highest BCUT2D eigenvalue weighted by Gasteiger charge is 2.26. The first kappa shape index (κ1) is 30.9. The fourth-order valence-corrected chi connectivity index (χ4v) is 2.40. The van der Waals surface area contributed by atoms with E-state index < -0.39 is 52.3 Å². The summed E-state index contributed by atoms with van der Waals surface area (Å²) in [5.74, 6) is -7.80. The van der Waals surface area contributed by atoms with Crippen molar-refractivity contribution in [2.24, 2.45) is 11.8 Å². The van der Waals surface area contributed by atoms with E-state index in [9.17, 15) is 22.4 Å². The van der Waals surface area contributed by atoms with Crippen molar-refractivity contribution in [1.82, 2.24) is 0 Å². The normalized spacial score (nSPS) is 17.7. The fourth-order valence-electron chi connectivity index (χ4n) is 2.40. The van der Waals surface area contributed by atoms with Crippen molar-refractivity contribution >= 4 is 5.97 Å². The number of ether oxygens (including phenoxy) is 2. The van der Waals surface area contributed by atoms with Crippen LogP contribution in [0.25, 0.3) is 0 Å². The molecule has 0 radical (unpaired) electrons. The Morgan fingerprint density at radius 1 is 0.818 bits per heavy atom. The van der Waals surface area contributed by atoms with Gasteiger partial charge in [0.25, 0.3) is 0 Å². The molecule has 0 spiro atoms. The quantitative estimate of drug-likeness (QED) is 0.153. The maximum atomic E-state index is 14.8. The molecule has 0 bridgehead atoms. The lowest BCUT2D eigenvalue weighted by atomic mass is 9.97. The first-order chi connectivity index (χ1) is 15.2. The summed E-state index contributed by atoms with van der Waals surface area (Å²) in [5.41, 5.74) is -1.57. The average molecular weight is 475 g/mol. The Morgan fingerprint density at radius 2 is 1.33 bits per heavy atom. The van der Waals surface area contributed by atoms with E-state index in [-0.39, 0.29) is 30.0 Å². The molecule has 0 saturated carbocycles. The molecule has 0 N–H and O–H groups in total. The maximum absolute atomic E-state index is 14.8. The van der Waals surface area contributed by atoms with E-state index in [1.165, 1.54) is 13.8 Å². The Balaban J connectivity index is 5.75. The molecule has 4 unspecified atom stereocenters. The number of carbonyl (C=O) groups excluding carboxylic acids is 1. The van der Waals surface area contributed by atoms with Crippen LogP contribution in [-0.4, -0.2) is 24.8 Å². The molecule has 0 aromatic heterocycles. The molecule has 3 nitrogen and oxygen atoms in total. The predicted molar refractivity (Wildman–Crippen MR) is 125 cm³/mol. The van der Waals surface area contributed by atoms with Crippen LogP contribution >= 0.6 is 0 Å². The van der Waals surface area contributed by atoms with Gasteiger partial charge in [0.1, 0.15) is 0 Å². The van der Waals surface area contributed by atoms with Gasteiger partial charge in [0.15, 0.2) is 23.3 Å². The van der Waals surface area contributed by atoms with Gasteiger partial charge in [0.05, 0.1) is 24.7 Å². The van der Waals surface area contributed by atoms with E-state index in [0.29, 0.717) is 6.42 Å². The van der Waals surface area contributed by atoms with Crippen molar-refractivity contribution in [2.75, 3.05) is 6.61 Å². The van der Waals surface area contributed by atoms with Gasteiger partial charge in [0, 0.05) is 11.5 Å². The summed E-state index contributed by atoms with van der Waals surface area (Å²) < 4.78 is 69.5. The molecule has 0 saturated heterocycles. The molecular weight excluding hydrogens is 436 g/mol. The largest absolute Gasteiger partial charge is 0.462 e. The molecule has 0 rings (SSSR count). The van der Waals surface area contributed by atoms with Gasteiger partial charge in [-0.05, 0) is 64.2 Å². The second-order valence-electron chi connectivity index (χ2n) is 8.40. The van der Waals surface area contributed by atoms with Crippen LogP contribution in [0, 0.1) is 11.8 Å². The summed E-state index contributed by atoms with van der Waals surface area (Å²) in [6.07, 6.45) is 0.917. The number of halogens is 4. The molecule has 33 heavy (non-hydrogen) atoms. The van der Waals surface area contributed by atoms with Crippen LogP contribution in [0.2, 0.25) is 0 Å². The van der Waals surface area contributed by atoms with Gasteiger partial charge < -0.3 is 9.47 Å². The highest BCUT2D eigenvalue weighted by Crippen LogP contribution is 2.34. The molecule has 0 aliphatic rings. The van der Waals surface area contributed by atoms with Crippen molar-refractivity contribution in [1.29, 1.82) is 0 Å². The second kappa shape index (κ2) is 14.2. The zero-order valence-electron chi connectivity index (χ0n) is 21.1. The number of hydrogen-bond donors (Lipinski definition) is 0. The van der Waals surface area contributed by atoms with Gasteiger partial charge in [-0.15, -0.1) is 0 Å². The zero-order valence-corrected chi connectivity index (χ0v) is 21.1. The predicted octanol–water partition coefficient (Wildman–Crippen LogP) is 8.17. The summed E-state index contributed by atoms with van der Waals surface area (Å²) in [7, 11) is 0. The van der Waals surface area contributed by atoms with E-state index in [2.05, 4.69) is 13.2 Å². The van der Waals surface area contributed by atoms with Gasteiger partial charge in [-0.25, -0.2) is 17.6 Å².